The molecule has 1 aromatic rings. The van der Waals surface area contributed by atoms with Crippen LogP contribution in [0.2, 0.25) is 0 Å². The zero-order valence-electron chi connectivity index (χ0n) is 9.19. The Kier molecular flexibility index (Phi) is 1.95. The normalized spacial score (nSPS) is 29.9. The third-order valence-electron chi connectivity index (χ3n) is 3.51. The van der Waals surface area contributed by atoms with E-state index in [1.807, 2.05) is 18.2 Å². The second kappa shape index (κ2) is 3.23. The summed E-state index contributed by atoms with van der Waals surface area (Å²) in [7, 11) is 1.66. The van der Waals surface area contributed by atoms with Crippen LogP contribution in [0.25, 0.3) is 0 Å². The molecule has 3 rings (SSSR count). The van der Waals surface area contributed by atoms with Gasteiger partial charge >= 0.3 is 0 Å². The van der Waals surface area contributed by atoms with E-state index in [4.69, 9.17) is 9.47 Å². The van der Waals surface area contributed by atoms with E-state index >= 15 is 0 Å². The van der Waals surface area contributed by atoms with Gasteiger partial charge < -0.3 is 9.47 Å². The van der Waals surface area contributed by atoms with Crippen LogP contribution in [0.1, 0.15) is 17.5 Å². The molecule has 2 unspecified atom stereocenters. The largest absolute Gasteiger partial charge is 0.497 e. The summed E-state index contributed by atoms with van der Waals surface area (Å²) in [5.41, 5.74) is 2.09. The Bertz CT molecular complexity index is 473. The van der Waals surface area contributed by atoms with Crippen molar-refractivity contribution in [1.29, 1.82) is 5.26 Å². The van der Waals surface area contributed by atoms with Gasteiger partial charge in [-0.2, -0.15) is 5.26 Å². The summed E-state index contributed by atoms with van der Waals surface area (Å²) >= 11 is 0. The first-order valence-electron chi connectivity index (χ1n) is 5.48. The average molecular weight is 215 g/mol. The van der Waals surface area contributed by atoms with E-state index < -0.39 is 0 Å². The van der Waals surface area contributed by atoms with E-state index in [2.05, 4.69) is 6.07 Å². The molecule has 3 nitrogen and oxygen atoms in total. The molecule has 0 radical (unpaired) electrons. The van der Waals surface area contributed by atoms with Gasteiger partial charge in [0.1, 0.15) is 5.75 Å². The number of epoxide rings is 1. The lowest BCUT2D eigenvalue weighted by Gasteiger charge is -2.38. The topological polar surface area (TPSA) is 45.5 Å². The molecular weight excluding hydrogens is 202 g/mol. The third kappa shape index (κ3) is 1.30. The van der Waals surface area contributed by atoms with E-state index in [1.165, 1.54) is 5.56 Å². The van der Waals surface area contributed by atoms with Crippen molar-refractivity contribution in [3.63, 3.8) is 0 Å². The first-order chi connectivity index (χ1) is 7.77. The molecule has 1 heterocycles. The van der Waals surface area contributed by atoms with E-state index in [0.29, 0.717) is 6.10 Å². The lowest BCUT2D eigenvalue weighted by Crippen LogP contribution is -2.38. The molecule has 1 saturated heterocycles. The summed E-state index contributed by atoms with van der Waals surface area (Å²) in [5, 5.41) is 9.35. The highest BCUT2D eigenvalue weighted by atomic mass is 16.6. The molecule has 1 aromatic carbocycles. The number of benzene rings is 1. The van der Waals surface area contributed by atoms with Crippen molar-refractivity contribution in [2.45, 2.75) is 24.4 Å². The first kappa shape index (κ1) is 9.68. The average Bonchev–Trinajstić information content (AvgIpc) is 3.09. The first-order valence-corrected chi connectivity index (χ1v) is 5.48. The molecule has 0 saturated carbocycles. The van der Waals surface area contributed by atoms with Gasteiger partial charge in [-0.3, -0.25) is 0 Å². The molecule has 0 bridgehead atoms. The van der Waals surface area contributed by atoms with Gasteiger partial charge in [-0.15, -0.1) is 0 Å². The number of nitrogens with zero attached hydrogens (tertiary/aromatic N) is 1. The molecule has 1 fully saturated rings. The summed E-state index contributed by atoms with van der Waals surface area (Å²) < 4.78 is 10.4. The minimum Gasteiger partial charge on any atom is -0.497 e. The van der Waals surface area contributed by atoms with Crippen LogP contribution in [0.4, 0.5) is 0 Å². The molecular formula is C13H13NO2. The van der Waals surface area contributed by atoms with Crippen molar-refractivity contribution in [1.82, 2.24) is 0 Å². The van der Waals surface area contributed by atoms with Crippen LogP contribution in [0, 0.1) is 11.3 Å². The Morgan fingerprint density at radius 1 is 1.62 bits per heavy atom. The van der Waals surface area contributed by atoms with Crippen molar-refractivity contribution in [2.75, 3.05) is 13.7 Å². The Hall–Kier alpha value is -1.53. The van der Waals surface area contributed by atoms with Gasteiger partial charge in [0.25, 0.3) is 0 Å². The van der Waals surface area contributed by atoms with Crippen molar-refractivity contribution in [2.24, 2.45) is 0 Å². The fourth-order valence-corrected chi connectivity index (χ4v) is 2.53. The highest BCUT2D eigenvalue weighted by Gasteiger charge is 2.47. The van der Waals surface area contributed by atoms with E-state index in [0.717, 1.165) is 30.8 Å². The minimum absolute atomic E-state index is 0.301. The maximum Gasteiger partial charge on any atom is 0.119 e. The van der Waals surface area contributed by atoms with E-state index in [1.54, 1.807) is 7.11 Å². The van der Waals surface area contributed by atoms with Crippen molar-refractivity contribution < 1.29 is 9.47 Å². The van der Waals surface area contributed by atoms with Gasteiger partial charge in [0, 0.05) is 0 Å². The van der Waals surface area contributed by atoms with Crippen LogP contribution in [-0.2, 0) is 16.6 Å². The summed E-state index contributed by atoms with van der Waals surface area (Å²) in [6.07, 6.45) is 1.97. The SMILES string of the molecule is COc1ccc2c(c1)CC2(C#N)CC1CO1. The summed E-state index contributed by atoms with van der Waals surface area (Å²) in [6, 6.07) is 8.43. The summed E-state index contributed by atoms with van der Waals surface area (Å²) in [5.74, 6) is 0.868. The van der Waals surface area contributed by atoms with E-state index in [-0.39, 0.29) is 5.41 Å². The van der Waals surface area contributed by atoms with Gasteiger partial charge in [-0.05, 0) is 36.1 Å². The Balaban J connectivity index is 1.91. The number of rotatable bonds is 3. The summed E-state index contributed by atoms with van der Waals surface area (Å²) in [6.45, 7) is 0.814. The van der Waals surface area contributed by atoms with Gasteiger partial charge in [0.15, 0.2) is 0 Å². The minimum atomic E-state index is -0.303. The maximum atomic E-state index is 9.35. The molecule has 82 valence electrons. The van der Waals surface area contributed by atoms with Crippen LogP contribution in [0.5, 0.6) is 5.75 Å². The predicted molar refractivity (Wildman–Crippen MR) is 58.3 cm³/mol. The fraction of sp³-hybridized carbons (Fsp3) is 0.462. The van der Waals surface area contributed by atoms with E-state index in [9.17, 15) is 5.26 Å². The van der Waals surface area contributed by atoms with Gasteiger partial charge in [-0.1, -0.05) is 6.07 Å². The van der Waals surface area contributed by atoms with Crippen LogP contribution >= 0.6 is 0 Å². The number of hydrogen-bond acceptors (Lipinski definition) is 3. The van der Waals surface area contributed by atoms with Crippen molar-refractivity contribution in [3.05, 3.63) is 29.3 Å². The fourth-order valence-electron chi connectivity index (χ4n) is 2.53. The van der Waals surface area contributed by atoms with Crippen LogP contribution in [-0.4, -0.2) is 19.8 Å². The van der Waals surface area contributed by atoms with Crippen molar-refractivity contribution in [3.8, 4) is 11.8 Å². The molecule has 2 aliphatic rings. The van der Waals surface area contributed by atoms with Gasteiger partial charge in [-0.25, -0.2) is 0 Å². The van der Waals surface area contributed by atoms with Crippen LogP contribution in [0.3, 0.4) is 0 Å². The monoisotopic (exact) mass is 215 g/mol. The second-order valence-corrected chi connectivity index (χ2v) is 4.55. The zero-order chi connectivity index (χ0) is 11.2. The predicted octanol–water partition coefficient (Wildman–Crippen LogP) is 1.80. The molecule has 1 aliphatic carbocycles. The number of hydrogen-bond donors (Lipinski definition) is 0. The van der Waals surface area contributed by atoms with Gasteiger partial charge in [0.05, 0.1) is 31.3 Å². The molecule has 3 heteroatoms. The number of nitriles is 1. The molecule has 0 aromatic heterocycles. The lowest BCUT2D eigenvalue weighted by atomic mass is 9.62. The van der Waals surface area contributed by atoms with Crippen LogP contribution < -0.4 is 4.74 Å². The zero-order valence-corrected chi connectivity index (χ0v) is 9.19. The maximum absolute atomic E-state index is 9.35. The van der Waals surface area contributed by atoms with Gasteiger partial charge in [0.2, 0.25) is 0 Å². The quantitative estimate of drug-likeness (QED) is 0.722. The number of ether oxygens (including phenoxy) is 2. The highest BCUT2D eigenvalue weighted by Crippen LogP contribution is 2.47. The molecule has 0 amide bonds. The Morgan fingerprint density at radius 3 is 3.00 bits per heavy atom. The molecule has 16 heavy (non-hydrogen) atoms. The van der Waals surface area contributed by atoms with Crippen LogP contribution in [0.15, 0.2) is 18.2 Å². The number of methoxy groups -OCH3 is 1. The standard InChI is InChI=1S/C13H13NO2/c1-15-10-2-3-12-9(4-10)5-13(12,8-14)6-11-7-16-11/h2-4,11H,5-7H2,1H3. The Morgan fingerprint density at radius 2 is 2.44 bits per heavy atom. The smallest absolute Gasteiger partial charge is 0.119 e. The third-order valence-corrected chi connectivity index (χ3v) is 3.51. The molecule has 1 aliphatic heterocycles. The highest BCUT2D eigenvalue weighted by molar-refractivity contribution is 5.53. The number of fused-ring (bicyclic) bond motifs is 1. The Labute approximate surface area is 94.6 Å². The molecule has 0 N–H and O–H groups in total. The summed E-state index contributed by atoms with van der Waals surface area (Å²) in [4.78, 5) is 0. The molecule has 2 atom stereocenters. The van der Waals surface area contributed by atoms with Crippen molar-refractivity contribution >= 4 is 0 Å². The second-order valence-electron chi connectivity index (χ2n) is 4.55. The lowest BCUT2D eigenvalue weighted by molar-refractivity contribution is 0.334. The molecule has 0 spiro atoms.